The first-order chi connectivity index (χ1) is 10.9. The molecule has 6 nitrogen and oxygen atoms in total. The second-order valence-corrected chi connectivity index (χ2v) is 7.51. The Morgan fingerprint density at radius 2 is 2.00 bits per heavy atom. The SMILES string of the molecule is CC1CCCC1C1(C)C(=O)N(CC(=O)C2CCCN2)C(=O)N1C. The number of likely N-dealkylation sites (N-methyl/N-ethyl adjacent to an activating group) is 1. The van der Waals surface area contributed by atoms with Crippen molar-refractivity contribution in [1.29, 1.82) is 0 Å². The van der Waals surface area contributed by atoms with Gasteiger partial charge in [-0.1, -0.05) is 19.8 Å². The highest BCUT2D eigenvalue weighted by Gasteiger charge is 2.58. The summed E-state index contributed by atoms with van der Waals surface area (Å²) in [6, 6.07) is -0.541. The highest BCUT2D eigenvalue weighted by molar-refractivity contribution is 6.09. The van der Waals surface area contributed by atoms with Gasteiger partial charge in [0.2, 0.25) is 0 Å². The number of carbonyl (C=O) groups excluding carboxylic acids is 3. The van der Waals surface area contributed by atoms with Crippen LogP contribution in [0, 0.1) is 11.8 Å². The van der Waals surface area contributed by atoms with Crippen molar-refractivity contribution in [3.63, 3.8) is 0 Å². The normalized spacial score (nSPS) is 38.0. The number of rotatable bonds is 4. The van der Waals surface area contributed by atoms with Gasteiger partial charge in [0.05, 0.1) is 12.6 Å². The number of nitrogens with one attached hydrogen (secondary N) is 1. The number of hydrogen-bond acceptors (Lipinski definition) is 4. The molecule has 2 aliphatic heterocycles. The summed E-state index contributed by atoms with van der Waals surface area (Å²) in [4.78, 5) is 40.7. The van der Waals surface area contributed by atoms with Crippen LogP contribution in [-0.4, -0.2) is 59.2 Å². The summed E-state index contributed by atoms with van der Waals surface area (Å²) in [6.45, 7) is 4.76. The van der Waals surface area contributed by atoms with E-state index in [1.54, 1.807) is 11.9 Å². The van der Waals surface area contributed by atoms with Crippen molar-refractivity contribution in [2.24, 2.45) is 11.8 Å². The second-order valence-electron chi connectivity index (χ2n) is 7.51. The van der Waals surface area contributed by atoms with E-state index in [1.807, 2.05) is 6.92 Å². The first-order valence-electron chi connectivity index (χ1n) is 8.73. The number of carbonyl (C=O) groups is 3. The van der Waals surface area contributed by atoms with Crippen LogP contribution in [0.4, 0.5) is 4.79 Å². The van der Waals surface area contributed by atoms with Crippen LogP contribution in [0.15, 0.2) is 0 Å². The lowest BCUT2D eigenvalue weighted by Crippen LogP contribution is -2.52. The van der Waals surface area contributed by atoms with Gasteiger partial charge in [-0.2, -0.15) is 0 Å². The zero-order chi connectivity index (χ0) is 16.8. The molecule has 0 bridgehead atoms. The van der Waals surface area contributed by atoms with Crippen molar-refractivity contribution in [3.05, 3.63) is 0 Å². The molecule has 0 radical (unpaired) electrons. The Morgan fingerprint density at radius 3 is 2.57 bits per heavy atom. The topological polar surface area (TPSA) is 69.7 Å². The Morgan fingerprint density at radius 1 is 1.26 bits per heavy atom. The largest absolute Gasteiger partial charge is 0.327 e. The first-order valence-corrected chi connectivity index (χ1v) is 8.73. The summed E-state index contributed by atoms with van der Waals surface area (Å²) in [5, 5.41) is 3.14. The van der Waals surface area contributed by atoms with Crippen LogP contribution in [0.3, 0.4) is 0 Å². The summed E-state index contributed by atoms with van der Waals surface area (Å²) in [6.07, 6.45) is 4.92. The van der Waals surface area contributed by atoms with Crippen molar-refractivity contribution < 1.29 is 14.4 Å². The zero-order valence-electron chi connectivity index (χ0n) is 14.3. The number of imide groups is 1. The van der Waals surface area contributed by atoms with Crippen molar-refractivity contribution in [2.45, 2.75) is 57.5 Å². The molecule has 3 fully saturated rings. The fraction of sp³-hybridized carbons (Fsp3) is 0.824. The van der Waals surface area contributed by atoms with Crippen LogP contribution in [0.25, 0.3) is 0 Å². The van der Waals surface area contributed by atoms with Crippen LogP contribution in [0.1, 0.15) is 46.0 Å². The van der Waals surface area contributed by atoms with Crippen LogP contribution < -0.4 is 5.32 Å². The van der Waals surface area contributed by atoms with Crippen molar-refractivity contribution >= 4 is 17.7 Å². The summed E-state index contributed by atoms with van der Waals surface area (Å²) in [5.41, 5.74) is -0.809. The maximum Gasteiger partial charge on any atom is 0.327 e. The number of hydrogen-bond donors (Lipinski definition) is 1. The quantitative estimate of drug-likeness (QED) is 0.795. The molecular formula is C17H27N3O3. The van der Waals surface area contributed by atoms with E-state index in [1.165, 1.54) is 4.90 Å². The average molecular weight is 321 g/mol. The van der Waals surface area contributed by atoms with Crippen molar-refractivity contribution in [3.8, 4) is 0 Å². The molecule has 3 amide bonds. The van der Waals surface area contributed by atoms with E-state index >= 15 is 0 Å². The molecule has 0 aromatic rings. The summed E-state index contributed by atoms with van der Waals surface area (Å²) in [5.74, 6) is 0.344. The van der Waals surface area contributed by atoms with Crippen LogP contribution in [0.2, 0.25) is 0 Å². The predicted molar refractivity (Wildman–Crippen MR) is 85.8 cm³/mol. The van der Waals surface area contributed by atoms with Crippen LogP contribution in [0.5, 0.6) is 0 Å². The fourth-order valence-electron chi connectivity index (χ4n) is 4.64. The van der Waals surface area contributed by atoms with E-state index in [0.717, 1.165) is 38.6 Å². The Bertz CT molecular complexity index is 529. The van der Waals surface area contributed by atoms with Gasteiger partial charge in [0.15, 0.2) is 5.78 Å². The standard InChI is InChI=1S/C17H27N3O3/c1-11-6-4-7-12(11)17(2)15(22)20(16(23)19(17)3)10-14(21)13-8-5-9-18-13/h11-13,18H,4-10H2,1-3H3. The monoisotopic (exact) mass is 321 g/mol. The highest BCUT2D eigenvalue weighted by atomic mass is 16.2. The van der Waals surface area contributed by atoms with Gasteiger partial charge in [0.25, 0.3) is 5.91 Å². The molecule has 3 aliphatic rings. The molecule has 4 atom stereocenters. The Labute approximate surface area is 137 Å². The first kappa shape index (κ1) is 16.4. The number of nitrogens with zero attached hydrogens (tertiary/aromatic N) is 2. The van der Waals surface area contributed by atoms with Gasteiger partial charge in [-0.25, -0.2) is 4.79 Å². The van der Waals surface area contributed by atoms with E-state index in [9.17, 15) is 14.4 Å². The molecule has 23 heavy (non-hydrogen) atoms. The van der Waals surface area contributed by atoms with Gasteiger partial charge in [-0.05, 0) is 44.6 Å². The molecule has 1 N–H and O–H groups in total. The van der Waals surface area contributed by atoms with Crippen molar-refractivity contribution in [1.82, 2.24) is 15.1 Å². The Hall–Kier alpha value is -1.43. The molecule has 0 spiro atoms. The molecular weight excluding hydrogens is 294 g/mol. The Balaban J connectivity index is 1.79. The lowest BCUT2D eigenvalue weighted by atomic mass is 9.78. The summed E-state index contributed by atoms with van der Waals surface area (Å²) < 4.78 is 0. The smallest absolute Gasteiger partial charge is 0.313 e. The lowest BCUT2D eigenvalue weighted by molar-refractivity contribution is -0.138. The van der Waals surface area contributed by atoms with Gasteiger partial charge in [0, 0.05) is 7.05 Å². The molecule has 2 heterocycles. The van der Waals surface area contributed by atoms with Gasteiger partial charge >= 0.3 is 6.03 Å². The van der Waals surface area contributed by atoms with E-state index in [-0.39, 0.29) is 36.2 Å². The maximum atomic E-state index is 13.0. The lowest BCUT2D eigenvalue weighted by Gasteiger charge is -2.36. The highest BCUT2D eigenvalue weighted by Crippen LogP contribution is 2.45. The summed E-state index contributed by atoms with van der Waals surface area (Å²) >= 11 is 0. The van der Waals surface area contributed by atoms with E-state index in [4.69, 9.17) is 0 Å². The van der Waals surface area contributed by atoms with Gasteiger partial charge in [0.1, 0.15) is 5.54 Å². The molecule has 6 heteroatoms. The number of urea groups is 1. The average Bonchev–Trinajstić information content (AvgIpc) is 3.23. The maximum absolute atomic E-state index is 13.0. The molecule has 2 saturated heterocycles. The predicted octanol–water partition coefficient (Wildman–Crippen LogP) is 1.40. The van der Waals surface area contributed by atoms with Crippen LogP contribution in [-0.2, 0) is 9.59 Å². The van der Waals surface area contributed by atoms with E-state index in [0.29, 0.717) is 5.92 Å². The molecule has 0 aromatic heterocycles. The molecule has 128 valence electrons. The zero-order valence-corrected chi connectivity index (χ0v) is 14.3. The minimum Gasteiger partial charge on any atom is -0.313 e. The van der Waals surface area contributed by atoms with Crippen molar-refractivity contribution in [2.75, 3.05) is 20.1 Å². The summed E-state index contributed by atoms with van der Waals surface area (Å²) in [7, 11) is 1.70. The van der Waals surface area contributed by atoms with E-state index in [2.05, 4.69) is 12.2 Å². The molecule has 0 aromatic carbocycles. The Kier molecular flexibility index (Phi) is 4.21. The minimum absolute atomic E-state index is 0.0543. The molecule has 1 saturated carbocycles. The van der Waals surface area contributed by atoms with Gasteiger partial charge in [-0.3, -0.25) is 14.5 Å². The number of Topliss-reactive ketones (excluding diaryl/α,β-unsaturated/α-hetero) is 1. The number of ketones is 1. The van der Waals surface area contributed by atoms with Gasteiger partial charge in [-0.15, -0.1) is 0 Å². The molecule has 3 rings (SSSR count). The fourth-order valence-corrected chi connectivity index (χ4v) is 4.64. The van der Waals surface area contributed by atoms with E-state index < -0.39 is 5.54 Å². The van der Waals surface area contributed by atoms with Gasteiger partial charge < -0.3 is 10.2 Å². The molecule has 1 aliphatic carbocycles. The minimum atomic E-state index is -0.809. The number of amides is 3. The third-order valence-electron chi connectivity index (χ3n) is 6.24. The second kappa shape index (κ2) is 5.89. The third kappa shape index (κ3) is 2.47. The van der Waals surface area contributed by atoms with Crippen LogP contribution >= 0.6 is 0 Å². The third-order valence-corrected chi connectivity index (χ3v) is 6.24. The molecule has 4 unspecified atom stereocenters.